The van der Waals surface area contributed by atoms with Gasteiger partial charge in [-0.15, -0.1) is 24.8 Å². The van der Waals surface area contributed by atoms with Crippen molar-refractivity contribution in [1.29, 1.82) is 0 Å². The van der Waals surface area contributed by atoms with Crippen LogP contribution in [0, 0.1) is 5.92 Å². The molecule has 2 heterocycles. The fourth-order valence-corrected chi connectivity index (χ4v) is 2.39. The van der Waals surface area contributed by atoms with Gasteiger partial charge in [-0.05, 0) is 25.9 Å². The van der Waals surface area contributed by atoms with Gasteiger partial charge in [0.15, 0.2) is 0 Å². The predicted octanol–water partition coefficient (Wildman–Crippen LogP) is 0.278. The molecule has 5 nitrogen and oxygen atoms in total. The topological polar surface area (TPSA) is 53.6 Å². The third kappa shape index (κ3) is 6.77. The molecule has 0 bridgehead atoms. The summed E-state index contributed by atoms with van der Waals surface area (Å²) in [5, 5.41) is 6.33. The van der Waals surface area contributed by atoms with Crippen LogP contribution in [0.25, 0.3) is 0 Å². The Labute approximate surface area is 127 Å². The molecule has 7 heteroatoms. The van der Waals surface area contributed by atoms with Gasteiger partial charge in [-0.3, -0.25) is 9.69 Å². The standard InChI is InChI=1S/C12H23N3O2.2ClH/c16-12(11-1-3-13-4-2-11)14-5-6-15-7-9-17-10-8-15;;/h11,13H,1-10H2,(H,14,16);2*1H. The lowest BCUT2D eigenvalue weighted by Crippen LogP contribution is -2.43. The second kappa shape index (κ2) is 10.7. The quantitative estimate of drug-likeness (QED) is 0.783. The number of nitrogens with one attached hydrogen (secondary N) is 2. The average Bonchev–Trinajstić information content (AvgIpc) is 2.41. The first-order chi connectivity index (χ1) is 8.36. The van der Waals surface area contributed by atoms with Crippen molar-refractivity contribution in [2.75, 3.05) is 52.5 Å². The second-order valence-corrected chi connectivity index (χ2v) is 4.77. The molecule has 0 unspecified atom stereocenters. The number of hydrogen-bond donors (Lipinski definition) is 2. The van der Waals surface area contributed by atoms with Gasteiger partial charge in [0.25, 0.3) is 0 Å². The van der Waals surface area contributed by atoms with Crippen LogP contribution in [0.2, 0.25) is 0 Å². The van der Waals surface area contributed by atoms with E-state index >= 15 is 0 Å². The van der Waals surface area contributed by atoms with Crippen LogP contribution in [0.3, 0.4) is 0 Å². The second-order valence-electron chi connectivity index (χ2n) is 4.77. The smallest absolute Gasteiger partial charge is 0.223 e. The molecule has 0 atom stereocenters. The number of carbonyl (C=O) groups excluding carboxylic acids is 1. The first kappa shape index (κ1) is 18.9. The summed E-state index contributed by atoms with van der Waals surface area (Å²) in [6.45, 7) is 7.28. The number of hydrogen-bond acceptors (Lipinski definition) is 4. The lowest BCUT2D eigenvalue weighted by Gasteiger charge is -2.27. The molecule has 114 valence electrons. The van der Waals surface area contributed by atoms with Crippen LogP contribution in [-0.2, 0) is 9.53 Å². The zero-order valence-electron chi connectivity index (χ0n) is 11.2. The number of carbonyl (C=O) groups is 1. The summed E-state index contributed by atoms with van der Waals surface area (Å²) in [5.41, 5.74) is 0. The Morgan fingerprint density at radius 3 is 2.47 bits per heavy atom. The maximum absolute atomic E-state index is 11.9. The van der Waals surface area contributed by atoms with Crippen LogP contribution >= 0.6 is 24.8 Å². The van der Waals surface area contributed by atoms with E-state index in [1.807, 2.05) is 0 Å². The van der Waals surface area contributed by atoms with E-state index in [-0.39, 0.29) is 36.6 Å². The lowest BCUT2D eigenvalue weighted by atomic mass is 9.97. The van der Waals surface area contributed by atoms with Gasteiger partial charge in [0, 0.05) is 32.1 Å². The Morgan fingerprint density at radius 2 is 1.84 bits per heavy atom. The Balaban J connectivity index is 0.00000162. The van der Waals surface area contributed by atoms with Crippen molar-refractivity contribution in [1.82, 2.24) is 15.5 Å². The van der Waals surface area contributed by atoms with E-state index in [1.54, 1.807) is 0 Å². The monoisotopic (exact) mass is 313 g/mol. The molecule has 2 saturated heterocycles. The van der Waals surface area contributed by atoms with Crippen molar-refractivity contribution in [3.63, 3.8) is 0 Å². The Hall–Kier alpha value is -0.0700. The van der Waals surface area contributed by atoms with Crippen LogP contribution in [0.1, 0.15) is 12.8 Å². The molecule has 0 saturated carbocycles. The molecule has 2 rings (SSSR count). The molecule has 0 radical (unpaired) electrons. The van der Waals surface area contributed by atoms with E-state index in [4.69, 9.17) is 4.74 Å². The minimum atomic E-state index is 0. The van der Waals surface area contributed by atoms with Gasteiger partial charge in [-0.2, -0.15) is 0 Å². The van der Waals surface area contributed by atoms with E-state index in [0.29, 0.717) is 0 Å². The lowest BCUT2D eigenvalue weighted by molar-refractivity contribution is -0.125. The number of morpholine rings is 1. The van der Waals surface area contributed by atoms with Crippen molar-refractivity contribution >= 4 is 30.7 Å². The predicted molar refractivity (Wildman–Crippen MR) is 80.4 cm³/mol. The molecule has 0 aromatic heterocycles. The van der Waals surface area contributed by atoms with Crippen LogP contribution < -0.4 is 10.6 Å². The first-order valence-corrected chi connectivity index (χ1v) is 6.65. The molecular formula is C12H25Cl2N3O2. The van der Waals surface area contributed by atoms with Crippen molar-refractivity contribution in [2.24, 2.45) is 5.92 Å². The highest BCUT2D eigenvalue weighted by Gasteiger charge is 2.20. The van der Waals surface area contributed by atoms with Gasteiger partial charge in [0.05, 0.1) is 13.2 Å². The number of amides is 1. The zero-order valence-corrected chi connectivity index (χ0v) is 12.9. The highest BCUT2D eigenvalue weighted by molar-refractivity contribution is 5.85. The van der Waals surface area contributed by atoms with Crippen LogP contribution in [0.5, 0.6) is 0 Å². The Bertz CT molecular complexity index is 245. The van der Waals surface area contributed by atoms with Crippen LogP contribution in [-0.4, -0.2) is 63.3 Å². The Morgan fingerprint density at radius 1 is 1.21 bits per heavy atom. The molecule has 2 N–H and O–H groups in total. The normalized spacial score (nSPS) is 21.1. The summed E-state index contributed by atoms with van der Waals surface area (Å²) in [7, 11) is 0. The number of halogens is 2. The molecule has 19 heavy (non-hydrogen) atoms. The maximum Gasteiger partial charge on any atom is 0.223 e. The summed E-state index contributed by atoms with van der Waals surface area (Å²) in [5.74, 6) is 0.459. The van der Waals surface area contributed by atoms with Crippen molar-refractivity contribution in [2.45, 2.75) is 12.8 Å². The van der Waals surface area contributed by atoms with E-state index in [2.05, 4.69) is 15.5 Å². The molecule has 2 aliphatic heterocycles. The summed E-state index contributed by atoms with van der Waals surface area (Å²) in [6, 6.07) is 0. The third-order valence-electron chi connectivity index (χ3n) is 3.54. The molecule has 2 aliphatic rings. The minimum Gasteiger partial charge on any atom is -0.379 e. The van der Waals surface area contributed by atoms with Crippen LogP contribution in [0.4, 0.5) is 0 Å². The van der Waals surface area contributed by atoms with Gasteiger partial charge in [-0.1, -0.05) is 0 Å². The number of rotatable bonds is 4. The van der Waals surface area contributed by atoms with Gasteiger partial charge in [0.2, 0.25) is 5.91 Å². The molecule has 2 fully saturated rings. The largest absolute Gasteiger partial charge is 0.379 e. The van der Waals surface area contributed by atoms with E-state index in [1.165, 1.54) is 0 Å². The number of nitrogens with zero attached hydrogens (tertiary/aromatic N) is 1. The number of piperidine rings is 1. The minimum absolute atomic E-state index is 0. The summed E-state index contributed by atoms with van der Waals surface area (Å²) < 4.78 is 5.29. The van der Waals surface area contributed by atoms with Crippen molar-refractivity contribution in [3.8, 4) is 0 Å². The van der Waals surface area contributed by atoms with Crippen molar-refractivity contribution < 1.29 is 9.53 Å². The van der Waals surface area contributed by atoms with Gasteiger partial charge < -0.3 is 15.4 Å². The molecule has 0 aromatic carbocycles. The Kier molecular flexibility index (Phi) is 10.6. The fourth-order valence-electron chi connectivity index (χ4n) is 2.39. The summed E-state index contributed by atoms with van der Waals surface area (Å²) >= 11 is 0. The van der Waals surface area contributed by atoms with Crippen molar-refractivity contribution in [3.05, 3.63) is 0 Å². The molecular weight excluding hydrogens is 289 g/mol. The number of ether oxygens (including phenoxy) is 1. The zero-order chi connectivity index (χ0) is 11.9. The molecule has 0 aromatic rings. The molecule has 0 spiro atoms. The fraction of sp³-hybridized carbons (Fsp3) is 0.917. The van der Waals surface area contributed by atoms with E-state index in [9.17, 15) is 4.79 Å². The first-order valence-electron chi connectivity index (χ1n) is 6.65. The average molecular weight is 314 g/mol. The molecule has 0 aliphatic carbocycles. The van der Waals surface area contributed by atoms with E-state index < -0.39 is 0 Å². The summed E-state index contributed by atoms with van der Waals surface area (Å²) in [6.07, 6.45) is 1.95. The maximum atomic E-state index is 11.9. The third-order valence-corrected chi connectivity index (χ3v) is 3.54. The highest BCUT2D eigenvalue weighted by atomic mass is 35.5. The van der Waals surface area contributed by atoms with Crippen LogP contribution in [0.15, 0.2) is 0 Å². The van der Waals surface area contributed by atoms with Gasteiger partial charge in [0.1, 0.15) is 0 Å². The molecule has 1 amide bonds. The van der Waals surface area contributed by atoms with E-state index in [0.717, 1.165) is 65.3 Å². The SMILES string of the molecule is Cl.Cl.O=C(NCCN1CCOCC1)C1CCNCC1. The van der Waals surface area contributed by atoms with Gasteiger partial charge in [-0.25, -0.2) is 0 Å². The summed E-state index contributed by atoms with van der Waals surface area (Å²) in [4.78, 5) is 14.2. The highest BCUT2D eigenvalue weighted by Crippen LogP contribution is 2.10. The van der Waals surface area contributed by atoms with Gasteiger partial charge >= 0.3 is 0 Å².